The molecular weight excluding hydrogens is 272 g/mol. The van der Waals surface area contributed by atoms with Crippen LogP contribution in [0, 0.1) is 0 Å². The van der Waals surface area contributed by atoms with E-state index in [1.54, 1.807) is 4.90 Å². The molecule has 2 aromatic rings. The number of carboxylic acid groups (broad SMARTS) is 1. The van der Waals surface area contributed by atoms with Gasteiger partial charge in [-0.15, -0.1) is 0 Å². The lowest BCUT2D eigenvalue weighted by Gasteiger charge is -2.31. The second-order valence-corrected chi connectivity index (χ2v) is 5.11. The molecule has 1 aromatic heterocycles. The fourth-order valence-electron chi connectivity index (χ4n) is 2.52. The summed E-state index contributed by atoms with van der Waals surface area (Å²) in [6.07, 6.45) is 1.20. The van der Waals surface area contributed by atoms with Gasteiger partial charge >= 0.3 is 5.97 Å². The van der Waals surface area contributed by atoms with Gasteiger partial charge < -0.3 is 19.7 Å². The van der Waals surface area contributed by atoms with E-state index in [1.165, 1.54) is 0 Å². The number of H-pyrrole nitrogens is 1. The molecule has 2 heterocycles. The van der Waals surface area contributed by atoms with Crippen LogP contribution in [0.1, 0.15) is 5.56 Å². The van der Waals surface area contributed by atoms with E-state index in [0.29, 0.717) is 6.54 Å². The molecule has 1 unspecified atom stereocenters. The summed E-state index contributed by atoms with van der Waals surface area (Å²) in [5, 5.41) is 10.1. The van der Waals surface area contributed by atoms with Crippen molar-refractivity contribution >= 4 is 22.8 Å². The van der Waals surface area contributed by atoms with Crippen LogP contribution in [0.25, 0.3) is 10.9 Å². The molecule has 6 heteroatoms. The number of nitrogens with one attached hydrogen (secondary N) is 1. The molecule has 1 aliphatic rings. The Morgan fingerprint density at radius 3 is 3.05 bits per heavy atom. The number of carbonyl (C=O) groups excluding carboxylic acids is 1. The molecule has 1 aromatic carbocycles. The van der Waals surface area contributed by atoms with Crippen LogP contribution in [0.5, 0.6) is 0 Å². The van der Waals surface area contributed by atoms with E-state index in [9.17, 15) is 9.59 Å². The van der Waals surface area contributed by atoms with Gasteiger partial charge in [-0.3, -0.25) is 4.79 Å². The average Bonchev–Trinajstić information content (AvgIpc) is 2.95. The van der Waals surface area contributed by atoms with E-state index in [0.717, 1.165) is 16.5 Å². The number of amides is 1. The number of carboxylic acids is 1. The number of hydrogen-bond acceptors (Lipinski definition) is 3. The molecule has 110 valence electrons. The number of hydrogen-bond donors (Lipinski definition) is 2. The van der Waals surface area contributed by atoms with Crippen molar-refractivity contribution in [2.75, 3.05) is 19.7 Å². The maximum absolute atomic E-state index is 12.3. The third kappa shape index (κ3) is 2.90. The average molecular weight is 288 g/mol. The molecule has 6 nitrogen and oxygen atoms in total. The summed E-state index contributed by atoms with van der Waals surface area (Å²) in [6.45, 7) is 0.810. The Labute approximate surface area is 121 Å². The first-order valence-electron chi connectivity index (χ1n) is 6.82. The van der Waals surface area contributed by atoms with Crippen LogP contribution in [0.2, 0.25) is 0 Å². The van der Waals surface area contributed by atoms with Crippen molar-refractivity contribution in [3.63, 3.8) is 0 Å². The Bertz CT molecular complexity index is 679. The van der Waals surface area contributed by atoms with Gasteiger partial charge in [0.05, 0.1) is 19.6 Å². The minimum absolute atomic E-state index is 0.0737. The molecule has 0 radical (unpaired) electrons. The minimum atomic E-state index is -1.03. The number of benzene rings is 1. The fraction of sp³-hybridized carbons (Fsp3) is 0.333. The Morgan fingerprint density at radius 2 is 2.24 bits per heavy atom. The largest absolute Gasteiger partial charge is 0.479 e. The lowest BCUT2D eigenvalue weighted by Crippen LogP contribution is -2.49. The second kappa shape index (κ2) is 5.57. The number of rotatable bonds is 3. The summed E-state index contributed by atoms with van der Waals surface area (Å²) in [7, 11) is 0. The summed E-state index contributed by atoms with van der Waals surface area (Å²) >= 11 is 0. The van der Waals surface area contributed by atoms with Gasteiger partial charge in [-0.2, -0.15) is 0 Å². The first-order valence-corrected chi connectivity index (χ1v) is 6.82. The number of nitrogens with zero attached hydrogens (tertiary/aromatic N) is 1. The normalized spacial score (nSPS) is 18.9. The zero-order valence-electron chi connectivity index (χ0n) is 11.4. The molecule has 3 rings (SSSR count). The standard InChI is InChI=1S/C15H16N2O4/c18-14(17-5-6-21-13(9-17)15(19)20)8-10-1-2-11-3-4-16-12(11)7-10/h1-4,7,13,16H,5-6,8-9H2,(H,19,20). The van der Waals surface area contributed by atoms with Gasteiger partial charge in [0.2, 0.25) is 5.91 Å². The number of aromatic amines is 1. The quantitative estimate of drug-likeness (QED) is 0.883. The molecular formula is C15H16N2O4. The van der Waals surface area contributed by atoms with Gasteiger partial charge in [0, 0.05) is 18.3 Å². The van der Waals surface area contributed by atoms with Gasteiger partial charge in [0.1, 0.15) is 0 Å². The van der Waals surface area contributed by atoms with Gasteiger partial charge in [-0.25, -0.2) is 4.79 Å². The van der Waals surface area contributed by atoms with Gasteiger partial charge in [-0.1, -0.05) is 12.1 Å². The number of aromatic nitrogens is 1. The molecule has 1 amide bonds. The Kier molecular flexibility index (Phi) is 3.62. The molecule has 0 aliphatic carbocycles. The Morgan fingerprint density at radius 1 is 1.38 bits per heavy atom. The first kappa shape index (κ1) is 13.6. The van der Waals surface area contributed by atoms with E-state index in [-0.39, 0.29) is 25.5 Å². The molecule has 21 heavy (non-hydrogen) atoms. The van der Waals surface area contributed by atoms with Gasteiger partial charge in [0.25, 0.3) is 0 Å². The van der Waals surface area contributed by atoms with Gasteiger partial charge in [0.15, 0.2) is 6.10 Å². The summed E-state index contributed by atoms with van der Waals surface area (Å²) in [5.41, 5.74) is 1.90. The summed E-state index contributed by atoms with van der Waals surface area (Å²) in [5.74, 6) is -1.10. The number of ether oxygens (including phenoxy) is 1. The predicted molar refractivity (Wildman–Crippen MR) is 76.0 cm³/mol. The van der Waals surface area contributed by atoms with Crippen molar-refractivity contribution in [3.8, 4) is 0 Å². The highest BCUT2D eigenvalue weighted by atomic mass is 16.5. The van der Waals surface area contributed by atoms with Crippen LogP contribution in [0.3, 0.4) is 0 Å². The van der Waals surface area contributed by atoms with E-state index in [2.05, 4.69) is 4.98 Å². The number of fused-ring (bicyclic) bond motifs is 1. The minimum Gasteiger partial charge on any atom is -0.479 e. The van der Waals surface area contributed by atoms with E-state index in [1.807, 2.05) is 30.5 Å². The van der Waals surface area contributed by atoms with Crippen molar-refractivity contribution in [2.24, 2.45) is 0 Å². The molecule has 1 saturated heterocycles. The topological polar surface area (TPSA) is 82.6 Å². The second-order valence-electron chi connectivity index (χ2n) is 5.11. The molecule has 0 saturated carbocycles. The zero-order chi connectivity index (χ0) is 14.8. The fourth-order valence-corrected chi connectivity index (χ4v) is 2.52. The number of aliphatic carboxylic acids is 1. The lowest BCUT2D eigenvalue weighted by atomic mass is 10.1. The summed E-state index contributed by atoms with van der Waals surface area (Å²) in [4.78, 5) is 27.9. The van der Waals surface area contributed by atoms with Crippen LogP contribution < -0.4 is 0 Å². The van der Waals surface area contributed by atoms with Crippen molar-refractivity contribution in [1.82, 2.24) is 9.88 Å². The van der Waals surface area contributed by atoms with Crippen molar-refractivity contribution in [1.29, 1.82) is 0 Å². The number of morpholine rings is 1. The first-order chi connectivity index (χ1) is 10.1. The highest BCUT2D eigenvalue weighted by Crippen LogP contribution is 2.16. The monoisotopic (exact) mass is 288 g/mol. The van der Waals surface area contributed by atoms with Crippen LogP contribution in [0.15, 0.2) is 30.5 Å². The van der Waals surface area contributed by atoms with Crippen LogP contribution in [0.4, 0.5) is 0 Å². The summed E-state index contributed by atoms with van der Waals surface area (Å²) in [6, 6.07) is 7.81. The molecule has 2 N–H and O–H groups in total. The molecule has 0 spiro atoms. The lowest BCUT2D eigenvalue weighted by molar-refractivity contribution is -0.159. The van der Waals surface area contributed by atoms with E-state index >= 15 is 0 Å². The number of carbonyl (C=O) groups is 2. The molecule has 1 aliphatic heterocycles. The highest BCUT2D eigenvalue weighted by Gasteiger charge is 2.28. The van der Waals surface area contributed by atoms with E-state index in [4.69, 9.17) is 9.84 Å². The molecule has 1 fully saturated rings. The SMILES string of the molecule is O=C(O)C1CN(C(=O)Cc2ccc3cc[nH]c3c2)CCO1. The molecule has 0 bridgehead atoms. The third-order valence-electron chi connectivity index (χ3n) is 3.67. The maximum atomic E-state index is 12.3. The van der Waals surface area contributed by atoms with Crippen LogP contribution in [-0.2, 0) is 20.7 Å². The van der Waals surface area contributed by atoms with Crippen molar-refractivity contribution in [3.05, 3.63) is 36.0 Å². The zero-order valence-corrected chi connectivity index (χ0v) is 11.4. The van der Waals surface area contributed by atoms with Gasteiger partial charge in [-0.05, 0) is 23.1 Å². The Hall–Kier alpha value is -2.34. The predicted octanol–water partition coefficient (Wildman–Crippen LogP) is 1.02. The highest BCUT2D eigenvalue weighted by molar-refractivity contribution is 5.84. The van der Waals surface area contributed by atoms with Crippen molar-refractivity contribution < 1.29 is 19.4 Å². The molecule has 1 atom stereocenters. The van der Waals surface area contributed by atoms with Crippen LogP contribution >= 0.6 is 0 Å². The van der Waals surface area contributed by atoms with E-state index < -0.39 is 12.1 Å². The smallest absolute Gasteiger partial charge is 0.334 e. The Balaban J connectivity index is 1.69. The maximum Gasteiger partial charge on any atom is 0.334 e. The summed E-state index contributed by atoms with van der Waals surface area (Å²) < 4.78 is 5.12. The van der Waals surface area contributed by atoms with Crippen LogP contribution in [-0.4, -0.2) is 52.7 Å². The van der Waals surface area contributed by atoms with Crippen molar-refractivity contribution in [2.45, 2.75) is 12.5 Å². The third-order valence-corrected chi connectivity index (χ3v) is 3.67.